The van der Waals surface area contributed by atoms with E-state index in [1.54, 1.807) is 12.1 Å². The van der Waals surface area contributed by atoms with E-state index in [0.29, 0.717) is 13.0 Å². The van der Waals surface area contributed by atoms with E-state index < -0.39 is 16.1 Å². The van der Waals surface area contributed by atoms with Crippen LogP contribution in [0.4, 0.5) is 4.79 Å². The maximum atomic E-state index is 12.4. The van der Waals surface area contributed by atoms with Crippen molar-refractivity contribution < 1.29 is 13.2 Å². The number of hydrogen-bond acceptors (Lipinski definition) is 6. The van der Waals surface area contributed by atoms with Crippen LogP contribution >= 0.6 is 0 Å². The molecule has 188 valence electrons. The number of imidazole rings is 1. The van der Waals surface area contributed by atoms with Gasteiger partial charge < -0.3 is 11.1 Å². The number of carbonyl (C=O) groups excluding carboxylic acids is 1. The number of carbonyl (C=O) groups is 1. The minimum atomic E-state index is -3.96. The fraction of sp³-hybridized carbons (Fsp3) is 0.269. The van der Waals surface area contributed by atoms with Crippen LogP contribution in [0.1, 0.15) is 35.1 Å². The lowest BCUT2D eigenvalue weighted by Gasteiger charge is -2.11. The molecule has 0 saturated heterocycles. The molecule has 0 aliphatic rings. The van der Waals surface area contributed by atoms with Gasteiger partial charge in [0.05, 0.1) is 4.90 Å². The predicted molar refractivity (Wildman–Crippen MR) is 139 cm³/mol. The van der Waals surface area contributed by atoms with Gasteiger partial charge in [-0.3, -0.25) is 4.57 Å². The van der Waals surface area contributed by atoms with Crippen molar-refractivity contribution in [3.05, 3.63) is 82.8 Å². The van der Waals surface area contributed by atoms with Crippen LogP contribution < -0.4 is 15.8 Å². The second kappa shape index (κ2) is 10.5. The molecule has 0 atom stereocenters. The molecule has 9 nitrogen and oxygen atoms in total. The molecule has 0 bridgehead atoms. The minimum absolute atomic E-state index is 0.00351. The Bertz CT molecular complexity index is 1490. The summed E-state index contributed by atoms with van der Waals surface area (Å²) < 4.78 is 28.9. The van der Waals surface area contributed by atoms with Gasteiger partial charge in [0, 0.05) is 30.9 Å². The van der Waals surface area contributed by atoms with E-state index in [1.165, 1.54) is 12.1 Å². The lowest BCUT2D eigenvalue weighted by molar-refractivity contribution is 0.246. The van der Waals surface area contributed by atoms with Gasteiger partial charge >= 0.3 is 6.03 Å². The van der Waals surface area contributed by atoms with Crippen LogP contribution in [0.2, 0.25) is 0 Å². The van der Waals surface area contributed by atoms with Crippen molar-refractivity contribution in [3.8, 4) is 5.69 Å². The van der Waals surface area contributed by atoms with Gasteiger partial charge in [-0.05, 0) is 67.3 Å². The van der Waals surface area contributed by atoms with Crippen molar-refractivity contribution in [2.45, 2.75) is 45.1 Å². The Labute approximate surface area is 210 Å². The first kappa shape index (κ1) is 25.3. The highest BCUT2D eigenvalue weighted by molar-refractivity contribution is 7.90. The van der Waals surface area contributed by atoms with E-state index in [4.69, 9.17) is 15.7 Å². The summed E-state index contributed by atoms with van der Waals surface area (Å²) in [4.78, 5) is 21.7. The highest BCUT2D eigenvalue weighted by Gasteiger charge is 2.17. The van der Waals surface area contributed by atoms with Crippen LogP contribution in [0, 0.1) is 13.8 Å². The maximum Gasteiger partial charge on any atom is 0.328 e. The van der Waals surface area contributed by atoms with Gasteiger partial charge in [0.1, 0.15) is 11.3 Å². The van der Waals surface area contributed by atoms with E-state index in [2.05, 4.69) is 16.8 Å². The molecule has 10 heteroatoms. The predicted octanol–water partition coefficient (Wildman–Crippen LogP) is 3.29. The number of amides is 2. The normalized spacial score (nSPS) is 11.6. The molecule has 4 N–H and O–H groups in total. The highest BCUT2D eigenvalue weighted by atomic mass is 32.2. The monoisotopic (exact) mass is 506 g/mol. The molecule has 0 spiro atoms. The molecule has 2 aromatic heterocycles. The van der Waals surface area contributed by atoms with Gasteiger partial charge in [-0.2, -0.15) is 0 Å². The molecule has 36 heavy (non-hydrogen) atoms. The van der Waals surface area contributed by atoms with E-state index in [0.717, 1.165) is 51.5 Å². The standard InChI is InChI=1S/C26H30N6O3S/c1-4-23-30-24-17(2)15-18(3)29-25(24)32(23)21-9-5-19(6-10-21)13-14-28-26(33)31-36(34,35)22-11-7-20(16-27)8-12-22/h5-12,15H,4,13-14,16,27H2,1-3H3,(H2,28,31,33). The molecule has 0 aliphatic carbocycles. The fourth-order valence-electron chi connectivity index (χ4n) is 4.07. The molecule has 0 unspecified atom stereocenters. The van der Waals surface area contributed by atoms with Crippen molar-refractivity contribution in [2.24, 2.45) is 5.73 Å². The molecule has 0 fully saturated rings. The average Bonchev–Trinajstić information content (AvgIpc) is 3.23. The summed E-state index contributed by atoms with van der Waals surface area (Å²) in [6.45, 7) is 6.68. The number of sulfonamides is 1. The summed E-state index contributed by atoms with van der Waals surface area (Å²) in [5.74, 6) is 0.941. The smallest absolute Gasteiger partial charge is 0.328 e. The zero-order valence-corrected chi connectivity index (χ0v) is 21.4. The minimum Gasteiger partial charge on any atom is -0.337 e. The van der Waals surface area contributed by atoms with Crippen LogP contribution in [0.25, 0.3) is 16.9 Å². The van der Waals surface area contributed by atoms with Gasteiger partial charge in [0.25, 0.3) is 10.0 Å². The average molecular weight is 507 g/mol. The van der Waals surface area contributed by atoms with Gasteiger partial charge in [-0.25, -0.2) is 27.9 Å². The lowest BCUT2D eigenvalue weighted by atomic mass is 10.1. The molecule has 0 saturated carbocycles. The highest BCUT2D eigenvalue weighted by Crippen LogP contribution is 2.24. The zero-order chi connectivity index (χ0) is 25.9. The van der Waals surface area contributed by atoms with E-state index in [1.807, 2.05) is 48.9 Å². The Morgan fingerprint density at radius 3 is 2.31 bits per heavy atom. The van der Waals surface area contributed by atoms with Crippen LogP contribution in [0.15, 0.2) is 59.5 Å². The topological polar surface area (TPSA) is 132 Å². The number of aromatic nitrogens is 3. The first-order chi connectivity index (χ1) is 17.2. The number of fused-ring (bicyclic) bond motifs is 1. The first-order valence-corrected chi connectivity index (χ1v) is 13.2. The summed E-state index contributed by atoms with van der Waals surface area (Å²) in [5, 5.41) is 2.60. The molecular weight excluding hydrogens is 476 g/mol. The number of nitrogens with two attached hydrogens (primary N) is 1. The number of nitrogens with one attached hydrogen (secondary N) is 2. The Hall–Kier alpha value is -3.76. The molecular formula is C26H30N6O3S. The van der Waals surface area contributed by atoms with E-state index >= 15 is 0 Å². The molecule has 2 aromatic carbocycles. The van der Waals surface area contributed by atoms with E-state index in [-0.39, 0.29) is 11.4 Å². The van der Waals surface area contributed by atoms with Crippen molar-refractivity contribution in [2.75, 3.05) is 6.54 Å². The van der Waals surface area contributed by atoms with Gasteiger partial charge in [-0.15, -0.1) is 0 Å². The van der Waals surface area contributed by atoms with Crippen LogP contribution in [0.3, 0.4) is 0 Å². The van der Waals surface area contributed by atoms with Crippen LogP contribution in [-0.2, 0) is 29.4 Å². The second-order valence-electron chi connectivity index (χ2n) is 8.60. The summed E-state index contributed by atoms with van der Waals surface area (Å²) in [6, 6.07) is 15.3. The number of rotatable bonds is 8. The number of aryl methyl sites for hydroxylation is 3. The number of pyridine rings is 1. The number of nitrogens with zero attached hydrogens (tertiary/aromatic N) is 3. The fourth-order valence-corrected chi connectivity index (χ4v) is 5.00. The number of urea groups is 1. The Balaban J connectivity index is 1.39. The maximum absolute atomic E-state index is 12.4. The number of benzene rings is 2. The number of hydrogen-bond donors (Lipinski definition) is 3. The summed E-state index contributed by atoms with van der Waals surface area (Å²) in [6.07, 6.45) is 1.32. The van der Waals surface area contributed by atoms with Crippen LogP contribution in [-0.4, -0.2) is 35.5 Å². The Morgan fingerprint density at radius 2 is 1.67 bits per heavy atom. The third-order valence-electron chi connectivity index (χ3n) is 5.91. The van der Waals surface area contributed by atoms with E-state index in [9.17, 15) is 13.2 Å². The molecule has 0 aliphatic heterocycles. The second-order valence-corrected chi connectivity index (χ2v) is 10.3. The molecule has 2 heterocycles. The lowest BCUT2D eigenvalue weighted by Crippen LogP contribution is -2.40. The molecule has 2 amide bonds. The third kappa shape index (κ3) is 5.39. The van der Waals surface area contributed by atoms with Crippen LogP contribution in [0.5, 0.6) is 0 Å². The Kier molecular flexibility index (Phi) is 7.37. The summed E-state index contributed by atoms with van der Waals surface area (Å²) in [5.41, 5.74) is 12.1. The largest absolute Gasteiger partial charge is 0.337 e. The third-order valence-corrected chi connectivity index (χ3v) is 7.26. The molecule has 0 radical (unpaired) electrons. The van der Waals surface area contributed by atoms with Gasteiger partial charge in [-0.1, -0.05) is 31.2 Å². The molecule has 4 aromatic rings. The SMILES string of the molecule is CCc1nc2c(C)cc(C)nc2n1-c1ccc(CCNC(=O)NS(=O)(=O)c2ccc(CN)cc2)cc1. The first-order valence-electron chi connectivity index (χ1n) is 11.8. The summed E-state index contributed by atoms with van der Waals surface area (Å²) in [7, 11) is -3.96. The molecule has 4 rings (SSSR count). The van der Waals surface area contributed by atoms with Gasteiger partial charge in [0.15, 0.2) is 5.65 Å². The Morgan fingerprint density at radius 1 is 1.00 bits per heavy atom. The van der Waals surface area contributed by atoms with Gasteiger partial charge in [0.2, 0.25) is 0 Å². The van der Waals surface area contributed by atoms with Crippen molar-refractivity contribution in [1.82, 2.24) is 24.6 Å². The van der Waals surface area contributed by atoms with Crippen molar-refractivity contribution >= 4 is 27.2 Å². The summed E-state index contributed by atoms with van der Waals surface area (Å²) >= 11 is 0. The zero-order valence-electron chi connectivity index (χ0n) is 20.6. The van der Waals surface area contributed by atoms with Crippen molar-refractivity contribution in [3.63, 3.8) is 0 Å². The van der Waals surface area contributed by atoms with Crippen molar-refractivity contribution in [1.29, 1.82) is 0 Å². The quantitative estimate of drug-likeness (QED) is 0.336.